The van der Waals surface area contributed by atoms with E-state index in [1.165, 1.54) is 6.92 Å². The highest BCUT2D eigenvalue weighted by atomic mass is 19.4. The first-order valence-electron chi connectivity index (χ1n) is 3.56. The Labute approximate surface area is 75.5 Å². The molecule has 14 heavy (non-hydrogen) atoms. The quantitative estimate of drug-likeness (QED) is 0.745. The Morgan fingerprint density at radius 3 is 1.79 bits per heavy atom. The summed E-state index contributed by atoms with van der Waals surface area (Å²) in [6.07, 6.45) is -11.4. The highest BCUT2D eigenvalue weighted by Crippen LogP contribution is 2.43. The third-order valence-corrected chi connectivity index (χ3v) is 1.25. The Balaban J connectivity index is 4.69. The lowest BCUT2D eigenvalue weighted by molar-refractivity contribution is -0.448. The van der Waals surface area contributed by atoms with Gasteiger partial charge in [-0.15, -0.1) is 0 Å². The molecular formula is C6H8F6O2. The normalized spacial score (nSPS) is 18.0. The van der Waals surface area contributed by atoms with Gasteiger partial charge in [-0.05, 0) is 6.42 Å². The van der Waals surface area contributed by atoms with Crippen LogP contribution in [0.3, 0.4) is 0 Å². The zero-order valence-electron chi connectivity index (χ0n) is 7.04. The number of hydrogen-bond donors (Lipinski definition) is 1. The van der Waals surface area contributed by atoms with Gasteiger partial charge in [-0.25, -0.2) is 0 Å². The molecule has 0 bridgehead atoms. The molecule has 0 aromatic carbocycles. The van der Waals surface area contributed by atoms with E-state index in [-0.39, 0.29) is 6.42 Å². The molecule has 0 saturated heterocycles. The van der Waals surface area contributed by atoms with Crippen LogP contribution in [-0.2, 0) is 4.74 Å². The van der Waals surface area contributed by atoms with E-state index in [0.29, 0.717) is 0 Å². The summed E-state index contributed by atoms with van der Waals surface area (Å²) in [6.45, 7) is 0.538. The monoisotopic (exact) mass is 226 g/mol. The second kappa shape index (κ2) is 3.93. The maximum atomic E-state index is 12.3. The molecule has 0 aromatic heterocycles. The third-order valence-electron chi connectivity index (χ3n) is 1.25. The van der Waals surface area contributed by atoms with Crippen LogP contribution in [-0.4, -0.2) is 29.9 Å². The zero-order valence-corrected chi connectivity index (χ0v) is 7.04. The first kappa shape index (κ1) is 13.5. The second-order valence-corrected chi connectivity index (χ2v) is 2.49. The Hall–Kier alpha value is -0.500. The molecular weight excluding hydrogens is 218 g/mol. The summed E-state index contributed by atoms with van der Waals surface area (Å²) in [5.41, 5.74) is 0. The highest BCUT2D eigenvalue weighted by molar-refractivity contribution is 4.83. The molecule has 0 aliphatic rings. The molecule has 86 valence electrons. The van der Waals surface area contributed by atoms with Crippen LogP contribution in [0.25, 0.3) is 0 Å². The van der Waals surface area contributed by atoms with Crippen LogP contribution < -0.4 is 0 Å². The van der Waals surface area contributed by atoms with E-state index in [1.807, 2.05) is 0 Å². The van der Waals surface area contributed by atoms with Gasteiger partial charge in [-0.1, -0.05) is 6.92 Å². The van der Waals surface area contributed by atoms with Crippen molar-refractivity contribution in [3.05, 3.63) is 0 Å². The van der Waals surface area contributed by atoms with Crippen molar-refractivity contribution in [2.24, 2.45) is 0 Å². The average molecular weight is 226 g/mol. The van der Waals surface area contributed by atoms with Crippen LogP contribution in [0.1, 0.15) is 13.3 Å². The fourth-order valence-electron chi connectivity index (χ4n) is 0.491. The largest absolute Gasteiger partial charge is 0.457 e. The van der Waals surface area contributed by atoms with E-state index in [2.05, 4.69) is 4.74 Å². The summed E-state index contributed by atoms with van der Waals surface area (Å²) in [6, 6.07) is 0. The van der Waals surface area contributed by atoms with Crippen molar-refractivity contribution in [2.45, 2.75) is 31.5 Å². The molecule has 0 saturated carbocycles. The van der Waals surface area contributed by atoms with Crippen LogP contribution in [0.2, 0.25) is 0 Å². The van der Waals surface area contributed by atoms with E-state index in [0.717, 1.165) is 0 Å². The summed E-state index contributed by atoms with van der Waals surface area (Å²) in [7, 11) is 0. The number of aliphatic hydroxyl groups is 1. The molecule has 0 heterocycles. The number of ether oxygens (including phenoxy) is 1. The smallest absolute Gasteiger partial charge is 0.348 e. The van der Waals surface area contributed by atoms with Crippen LogP contribution in [0.4, 0.5) is 26.3 Å². The van der Waals surface area contributed by atoms with Crippen LogP contribution in [0, 0.1) is 0 Å². The van der Waals surface area contributed by atoms with Crippen LogP contribution >= 0.6 is 0 Å². The predicted octanol–water partition coefficient (Wildman–Crippen LogP) is 2.23. The van der Waals surface area contributed by atoms with Crippen molar-refractivity contribution in [2.75, 3.05) is 6.61 Å². The minimum atomic E-state index is -6.11. The molecule has 2 nitrogen and oxygen atoms in total. The van der Waals surface area contributed by atoms with Gasteiger partial charge in [0, 0.05) is 0 Å². The Kier molecular flexibility index (Phi) is 3.79. The summed E-state index contributed by atoms with van der Waals surface area (Å²) in [5.74, 6) is -5.67. The van der Waals surface area contributed by atoms with E-state index in [1.54, 1.807) is 0 Å². The molecule has 0 rings (SSSR count). The molecule has 0 fully saturated rings. The minimum absolute atomic E-state index is 0.0382. The van der Waals surface area contributed by atoms with Gasteiger partial charge in [0.15, 0.2) is 0 Å². The first-order chi connectivity index (χ1) is 6.06. The van der Waals surface area contributed by atoms with Gasteiger partial charge < -0.3 is 9.84 Å². The van der Waals surface area contributed by atoms with Gasteiger partial charge in [0.05, 0.1) is 6.61 Å². The Bertz CT molecular complexity index is 187. The summed E-state index contributed by atoms with van der Waals surface area (Å²) in [5, 5.41) is 7.94. The van der Waals surface area contributed by atoms with Crippen molar-refractivity contribution < 1.29 is 36.2 Å². The number of alkyl halides is 6. The number of hydrogen-bond acceptors (Lipinski definition) is 2. The molecule has 0 aromatic rings. The molecule has 0 spiro atoms. The van der Waals surface area contributed by atoms with E-state index >= 15 is 0 Å². The van der Waals surface area contributed by atoms with Crippen LogP contribution in [0.5, 0.6) is 0 Å². The van der Waals surface area contributed by atoms with Crippen molar-refractivity contribution >= 4 is 0 Å². The first-order valence-corrected chi connectivity index (χ1v) is 3.56. The van der Waals surface area contributed by atoms with Crippen molar-refractivity contribution in [1.29, 1.82) is 0 Å². The fraction of sp³-hybridized carbons (Fsp3) is 1.00. The maximum Gasteiger partial charge on any atom is 0.457 e. The lowest BCUT2D eigenvalue weighted by Crippen LogP contribution is -2.56. The van der Waals surface area contributed by atoms with E-state index in [9.17, 15) is 26.3 Å². The molecule has 1 unspecified atom stereocenters. The van der Waals surface area contributed by atoms with Crippen molar-refractivity contribution in [3.63, 3.8) is 0 Å². The predicted molar refractivity (Wildman–Crippen MR) is 33.3 cm³/mol. The molecule has 0 aliphatic heterocycles. The van der Waals surface area contributed by atoms with E-state index in [4.69, 9.17) is 5.11 Å². The van der Waals surface area contributed by atoms with Crippen molar-refractivity contribution in [3.8, 4) is 0 Å². The fourth-order valence-corrected chi connectivity index (χ4v) is 0.491. The maximum absolute atomic E-state index is 12.3. The SMILES string of the molecule is CCCOC(F)(F)C(O)(F)C(F)(F)F. The van der Waals surface area contributed by atoms with Gasteiger partial charge in [0.25, 0.3) is 0 Å². The third kappa shape index (κ3) is 2.50. The van der Waals surface area contributed by atoms with Crippen molar-refractivity contribution in [1.82, 2.24) is 0 Å². The van der Waals surface area contributed by atoms with Gasteiger partial charge in [-0.3, -0.25) is 0 Å². The Morgan fingerprint density at radius 1 is 1.07 bits per heavy atom. The summed E-state index contributed by atoms with van der Waals surface area (Å²) < 4.78 is 74.9. The highest BCUT2D eigenvalue weighted by Gasteiger charge is 2.72. The molecule has 0 amide bonds. The molecule has 1 N–H and O–H groups in total. The van der Waals surface area contributed by atoms with Gasteiger partial charge in [0.1, 0.15) is 0 Å². The van der Waals surface area contributed by atoms with Gasteiger partial charge >= 0.3 is 18.1 Å². The Morgan fingerprint density at radius 2 is 1.50 bits per heavy atom. The molecule has 0 aliphatic carbocycles. The summed E-state index contributed by atoms with van der Waals surface area (Å²) in [4.78, 5) is 0. The average Bonchev–Trinajstić information content (AvgIpc) is 1.98. The standard InChI is InChI=1S/C6H8F6O2/c1-2-3-14-6(11,12)4(7,13)5(8,9)10/h13H,2-3H2,1H3. The molecule has 0 radical (unpaired) electrons. The minimum Gasteiger partial charge on any atom is -0.348 e. The number of halogens is 6. The zero-order chi connectivity index (χ0) is 11.6. The van der Waals surface area contributed by atoms with Gasteiger partial charge in [-0.2, -0.15) is 26.3 Å². The van der Waals surface area contributed by atoms with E-state index < -0.39 is 24.7 Å². The lowest BCUT2D eigenvalue weighted by Gasteiger charge is -2.29. The second-order valence-electron chi connectivity index (χ2n) is 2.49. The topological polar surface area (TPSA) is 29.5 Å². The van der Waals surface area contributed by atoms with Crippen LogP contribution in [0.15, 0.2) is 0 Å². The number of rotatable bonds is 4. The molecule has 8 heteroatoms. The van der Waals surface area contributed by atoms with Gasteiger partial charge in [0.2, 0.25) is 0 Å². The molecule has 1 atom stereocenters. The summed E-state index contributed by atoms with van der Waals surface area (Å²) >= 11 is 0. The lowest BCUT2D eigenvalue weighted by atomic mass is 10.3.